The minimum absolute atomic E-state index is 0.0122. The van der Waals surface area contributed by atoms with Crippen molar-refractivity contribution >= 4 is 11.6 Å². The zero-order valence-corrected chi connectivity index (χ0v) is 16.1. The molecule has 2 aromatic carbocycles. The first-order valence-corrected chi connectivity index (χ1v) is 8.84. The van der Waals surface area contributed by atoms with Gasteiger partial charge in [0, 0.05) is 11.9 Å². The molecular formula is C22H22N2O4. The van der Waals surface area contributed by atoms with Gasteiger partial charge < -0.3 is 14.9 Å². The molecule has 0 saturated heterocycles. The Bertz CT molecular complexity index is 1040. The molecule has 0 aliphatic heterocycles. The van der Waals surface area contributed by atoms with Crippen molar-refractivity contribution < 1.29 is 14.4 Å². The second-order valence-electron chi connectivity index (χ2n) is 6.45. The molecule has 1 heterocycles. The molecule has 1 aromatic heterocycles. The monoisotopic (exact) mass is 378 g/mol. The topological polar surface area (TPSA) is 69.6 Å². The number of ether oxygens (including phenoxy) is 1. The van der Waals surface area contributed by atoms with Gasteiger partial charge >= 0.3 is 0 Å². The summed E-state index contributed by atoms with van der Waals surface area (Å²) in [6.45, 7) is 4.03. The molecule has 0 aliphatic carbocycles. The van der Waals surface area contributed by atoms with E-state index < -0.39 is 11.5 Å². The smallest absolute Gasteiger partial charge is 0.295 e. The molecule has 0 aliphatic rings. The van der Waals surface area contributed by atoms with Gasteiger partial charge in [-0.25, -0.2) is 0 Å². The van der Waals surface area contributed by atoms with Gasteiger partial charge in [-0.1, -0.05) is 24.3 Å². The first-order chi connectivity index (χ1) is 13.5. The molecule has 6 nitrogen and oxygen atoms in total. The second kappa shape index (κ2) is 8.43. The summed E-state index contributed by atoms with van der Waals surface area (Å²) >= 11 is 0. The number of benzene rings is 2. The van der Waals surface area contributed by atoms with Crippen molar-refractivity contribution in [3.8, 4) is 5.75 Å². The Morgan fingerprint density at radius 2 is 1.82 bits per heavy atom. The molecule has 28 heavy (non-hydrogen) atoms. The molecule has 3 rings (SSSR count). The number of amides is 1. The predicted molar refractivity (Wildman–Crippen MR) is 108 cm³/mol. The fourth-order valence-corrected chi connectivity index (χ4v) is 2.68. The molecule has 0 fully saturated rings. The molecule has 0 spiro atoms. The van der Waals surface area contributed by atoms with Crippen molar-refractivity contribution in [1.29, 1.82) is 0 Å². The summed E-state index contributed by atoms with van der Waals surface area (Å²) in [5.41, 5.74) is 2.99. The van der Waals surface area contributed by atoms with Gasteiger partial charge in [-0.2, -0.15) is 4.73 Å². The second-order valence-corrected chi connectivity index (χ2v) is 6.45. The highest BCUT2D eigenvalue weighted by Crippen LogP contribution is 2.17. The van der Waals surface area contributed by atoms with E-state index in [0.717, 1.165) is 27.2 Å². The van der Waals surface area contributed by atoms with Crippen LogP contribution in [-0.4, -0.2) is 17.7 Å². The molecule has 0 unspecified atom stereocenters. The Balaban J connectivity index is 1.75. The van der Waals surface area contributed by atoms with Gasteiger partial charge in [-0.3, -0.25) is 9.59 Å². The molecular weight excluding hydrogens is 356 g/mol. The average molecular weight is 378 g/mol. The highest BCUT2D eigenvalue weighted by atomic mass is 16.7. The number of nitrogens with zero attached hydrogens (tertiary/aromatic N) is 1. The van der Waals surface area contributed by atoms with Crippen LogP contribution in [-0.2, 0) is 6.61 Å². The third-order valence-electron chi connectivity index (χ3n) is 4.33. The number of aromatic nitrogens is 1. The van der Waals surface area contributed by atoms with Crippen LogP contribution in [0.5, 0.6) is 5.75 Å². The van der Waals surface area contributed by atoms with Crippen LogP contribution in [0.1, 0.15) is 27.0 Å². The largest absolute Gasteiger partial charge is 0.497 e. The summed E-state index contributed by atoms with van der Waals surface area (Å²) in [6.07, 6.45) is 1.49. The van der Waals surface area contributed by atoms with Crippen molar-refractivity contribution in [1.82, 2.24) is 4.73 Å². The summed E-state index contributed by atoms with van der Waals surface area (Å²) in [5, 5.41) is 2.80. The lowest BCUT2D eigenvalue weighted by Crippen LogP contribution is -2.32. The molecule has 0 saturated carbocycles. The third-order valence-corrected chi connectivity index (χ3v) is 4.33. The summed E-state index contributed by atoms with van der Waals surface area (Å²) in [5.74, 6) is 0.270. The summed E-state index contributed by atoms with van der Waals surface area (Å²) in [7, 11) is 1.60. The molecule has 6 heteroatoms. The van der Waals surface area contributed by atoms with E-state index in [1.54, 1.807) is 13.2 Å². The maximum Gasteiger partial charge on any atom is 0.295 e. The first kappa shape index (κ1) is 19.2. The standard InChI is InChI=1S/C22H22N2O4/c1-15-6-7-16(2)20(13-15)23-21(25)19-5-4-12-24(22(19)26)28-14-17-8-10-18(27-3)11-9-17/h4-13H,14H2,1-3H3,(H,23,25). The minimum atomic E-state index is -0.515. The zero-order chi connectivity index (χ0) is 20.1. The summed E-state index contributed by atoms with van der Waals surface area (Å²) in [4.78, 5) is 30.8. The lowest BCUT2D eigenvalue weighted by Gasteiger charge is -2.12. The fourth-order valence-electron chi connectivity index (χ4n) is 2.68. The lowest BCUT2D eigenvalue weighted by atomic mass is 10.1. The van der Waals surface area contributed by atoms with Crippen LogP contribution in [0.3, 0.4) is 0 Å². The van der Waals surface area contributed by atoms with Crippen LogP contribution in [0, 0.1) is 13.8 Å². The third kappa shape index (κ3) is 4.40. The highest BCUT2D eigenvalue weighted by Gasteiger charge is 2.14. The molecule has 1 N–H and O–H groups in total. The minimum Gasteiger partial charge on any atom is -0.497 e. The Hall–Kier alpha value is -3.54. The Labute approximate surface area is 163 Å². The van der Waals surface area contributed by atoms with Crippen molar-refractivity contribution in [2.45, 2.75) is 20.5 Å². The molecule has 0 radical (unpaired) electrons. The lowest BCUT2D eigenvalue weighted by molar-refractivity contribution is 0.0863. The van der Waals surface area contributed by atoms with Gasteiger partial charge in [0.05, 0.1) is 7.11 Å². The number of anilines is 1. The maximum absolute atomic E-state index is 12.6. The van der Waals surface area contributed by atoms with Gasteiger partial charge in [0.15, 0.2) is 0 Å². The Morgan fingerprint density at radius 3 is 2.54 bits per heavy atom. The van der Waals surface area contributed by atoms with E-state index in [1.165, 1.54) is 12.3 Å². The van der Waals surface area contributed by atoms with Crippen molar-refractivity contribution in [2.75, 3.05) is 12.4 Å². The summed E-state index contributed by atoms with van der Waals surface area (Å²) < 4.78 is 6.19. The van der Waals surface area contributed by atoms with E-state index in [9.17, 15) is 9.59 Å². The van der Waals surface area contributed by atoms with E-state index >= 15 is 0 Å². The van der Waals surface area contributed by atoms with Gasteiger partial charge in [-0.15, -0.1) is 0 Å². The van der Waals surface area contributed by atoms with Crippen LogP contribution < -0.4 is 20.5 Å². The molecule has 1 amide bonds. The van der Waals surface area contributed by atoms with E-state index in [0.29, 0.717) is 5.69 Å². The molecule has 3 aromatic rings. The van der Waals surface area contributed by atoms with Crippen molar-refractivity contribution in [3.05, 3.63) is 93.4 Å². The van der Waals surface area contributed by atoms with Crippen molar-refractivity contribution in [3.63, 3.8) is 0 Å². The van der Waals surface area contributed by atoms with Crippen LogP contribution in [0.4, 0.5) is 5.69 Å². The van der Waals surface area contributed by atoms with Gasteiger partial charge in [0.2, 0.25) is 0 Å². The predicted octanol–water partition coefficient (Wildman–Crippen LogP) is 3.35. The van der Waals surface area contributed by atoms with E-state index in [4.69, 9.17) is 9.57 Å². The zero-order valence-electron chi connectivity index (χ0n) is 16.1. The van der Waals surface area contributed by atoms with Gasteiger partial charge in [0.1, 0.15) is 17.9 Å². The average Bonchev–Trinajstić information content (AvgIpc) is 2.70. The Morgan fingerprint density at radius 1 is 1.07 bits per heavy atom. The molecule has 144 valence electrons. The van der Waals surface area contributed by atoms with E-state index in [2.05, 4.69) is 5.32 Å². The van der Waals surface area contributed by atoms with Crippen molar-refractivity contribution in [2.24, 2.45) is 0 Å². The number of carbonyl (C=O) groups is 1. The van der Waals surface area contributed by atoms with Crippen LogP contribution in [0.2, 0.25) is 0 Å². The number of methoxy groups -OCH3 is 1. The number of nitrogens with one attached hydrogen (secondary N) is 1. The fraction of sp³-hybridized carbons (Fsp3) is 0.182. The number of aryl methyl sites for hydroxylation is 2. The quantitative estimate of drug-likeness (QED) is 0.714. The number of hydrogen-bond acceptors (Lipinski definition) is 4. The van der Waals surface area contributed by atoms with E-state index in [1.807, 2.05) is 56.3 Å². The van der Waals surface area contributed by atoms with Crippen LogP contribution in [0.15, 0.2) is 65.6 Å². The number of pyridine rings is 1. The first-order valence-electron chi connectivity index (χ1n) is 8.84. The normalized spacial score (nSPS) is 10.4. The number of carbonyl (C=O) groups excluding carboxylic acids is 1. The molecule has 0 atom stereocenters. The van der Waals surface area contributed by atoms with Gasteiger partial charge in [0.25, 0.3) is 11.5 Å². The SMILES string of the molecule is COc1ccc(COn2cccc(C(=O)Nc3cc(C)ccc3C)c2=O)cc1. The number of hydrogen-bond donors (Lipinski definition) is 1. The maximum atomic E-state index is 12.6. The number of rotatable bonds is 6. The van der Waals surface area contributed by atoms with E-state index in [-0.39, 0.29) is 12.2 Å². The van der Waals surface area contributed by atoms with Crippen LogP contribution in [0.25, 0.3) is 0 Å². The van der Waals surface area contributed by atoms with Crippen LogP contribution >= 0.6 is 0 Å². The highest BCUT2D eigenvalue weighted by molar-refractivity contribution is 6.04. The summed E-state index contributed by atoms with van der Waals surface area (Å²) in [6, 6.07) is 16.2. The Kier molecular flexibility index (Phi) is 5.79. The van der Waals surface area contributed by atoms with Gasteiger partial charge in [-0.05, 0) is 60.9 Å². The molecule has 0 bridgehead atoms.